The second-order valence-corrected chi connectivity index (χ2v) is 31.6. The molecule has 5 aromatic carbocycles. The van der Waals surface area contributed by atoms with Gasteiger partial charge in [0, 0.05) is 0 Å². The molecule has 0 aliphatic carbocycles. The van der Waals surface area contributed by atoms with E-state index in [4.69, 9.17) is 0 Å². The fourth-order valence-electron chi connectivity index (χ4n) is 8.12. The molecule has 66 heavy (non-hydrogen) atoms. The first-order valence-corrected chi connectivity index (χ1v) is 28.4. The second kappa shape index (κ2) is 19.9. The second-order valence-electron chi connectivity index (χ2n) is 27.2. The molecule has 0 aliphatic heterocycles. The average molecular weight is 987 g/mol. The van der Waals surface area contributed by atoms with Gasteiger partial charge in [-0.25, -0.2) is 0 Å². The first kappa shape index (κ1) is 56.4. The standard InChI is InChI=1S/C62H88P2.ClH.Fe/c1-55(2,3)41-29-42(56(4,5)6)34-49(33-41)63(50-35-43(57(7,8)9)30-44(36-50)58(10,11)12)53-27-25-26-28-54(53)64(51-37-45(59(13,14)15)31-46(38-51)60(16,17)18)52-39-47(61(19,20)21)32-48(40-52)62(22,23)24;;/h25-40H,1-24H3;1H;/q;;+1/p-1. The van der Waals surface area contributed by atoms with Gasteiger partial charge in [0.1, 0.15) is 0 Å². The van der Waals surface area contributed by atoms with Crippen LogP contribution < -0.4 is 31.8 Å². The minimum absolute atomic E-state index is 0.0134. The molecule has 0 saturated heterocycles. The molecule has 0 aromatic heterocycles. The fraction of sp³-hybridized carbons (Fsp3) is 0.516. The van der Waals surface area contributed by atoms with Crippen molar-refractivity contribution < 1.29 is 15.1 Å². The van der Waals surface area contributed by atoms with Crippen LogP contribution in [-0.2, 0) is 58.4 Å². The van der Waals surface area contributed by atoms with E-state index in [1.165, 1.54) is 76.3 Å². The topological polar surface area (TPSA) is 0 Å². The van der Waals surface area contributed by atoms with Crippen LogP contribution in [0, 0.1) is 0 Å². The van der Waals surface area contributed by atoms with Gasteiger partial charge in [0.15, 0.2) is 0 Å². The molecule has 0 unspecified atom stereocenters. The zero-order chi connectivity index (χ0) is 50.6. The van der Waals surface area contributed by atoms with Gasteiger partial charge in [-0.2, -0.15) is 0 Å². The van der Waals surface area contributed by atoms with E-state index in [1.54, 1.807) is 0 Å². The quantitative estimate of drug-likeness (QED) is 0.117. The molecule has 0 fully saturated rings. The van der Waals surface area contributed by atoms with Gasteiger partial charge in [-0.1, -0.05) is 263 Å². The van der Waals surface area contributed by atoms with Crippen molar-refractivity contribution in [3.63, 3.8) is 0 Å². The zero-order valence-corrected chi connectivity index (χ0v) is 49.5. The summed E-state index contributed by atoms with van der Waals surface area (Å²) in [4.78, 5) is 0. The monoisotopic (exact) mass is 986 g/mol. The Labute approximate surface area is 421 Å². The van der Waals surface area contributed by atoms with Crippen LogP contribution in [0.25, 0.3) is 0 Å². The van der Waals surface area contributed by atoms with Crippen molar-refractivity contribution in [3.05, 3.63) is 142 Å². The third kappa shape index (κ3) is 13.8. The molecule has 0 atom stereocenters. The summed E-state index contributed by atoms with van der Waals surface area (Å²) in [6.07, 6.45) is 0. The third-order valence-electron chi connectivity index (χ3n) is 13.0. The van der Waals surface area contributed by atoms with E-state index in [9.17, 15) is 0 Å². The molecule has 0 heterocycles. The molecule has 4 heteroatoms. The molecule has 0 nitrogen and oxygen atoms in total. The van der Waals surface area contributed by atoms with Gasteiger partial charge in [-0.05, 0) is 135 Å². The molecule has 0 aliphatic rings. The summed E-state index contributed by atoms with van der Waals surface area (Å²) in [6.45, 7) is 57.2. The van der Waals surface area contributed by atoms with E-state index in [-0.39, 0.29) is 43.3 Å². The van der Waals surface area contributed by atoms with E-state index in [2.05, 4.69) is 288 Å². The maximum atomic E-state index is 4.39. The van der Waals surface area contributed by atoms with E-state index >= 15 is 0 Å². The number of halogens is 1. The molecule has 5 rings (SSSR count). The summed E-state index contributed by atoms with van der Waals surface area (Å²) in [5.41, 5.74) is 11.2. The first-order valence-electron chi connectivity index (χ1n) is 24.2. The number of hydrogen-bond donors (Lipinski definition) is 0. The number of rotatable bonds is 6. The van der Waals surface area contributed by atoms with Gasteiger partial charge in [-0.15, -0.1) is 0 Å². The van der Waals surface area contributed by atoms with Crippen molar-refractivity contribution in [2.45, 2.75) is 209 Å². The van der Waals surface area contributed by atoms with Crippen molar-refractivity contribution in [2.75, 3.05) is 0 Å². The van der Waals surface area contributed by atoms with Crippen molar-refractivity contribution >= 4 is 57.8 Å². The molecule has 0 spiro atoms. The predicted molar refractivity (Wildman–Crippen MR) is 299 cm³/mol. The van der Waals surface area contributed by atoms with Crippen LogP contribution in [0.3, 0.4) is 0 Å². The predicted octanol–water partition coefficient (Wildman–Crippen LogP) is 16.3. The SMILES string of the molecule is CC(C)(C)c1cc(P(c2cc(C(C)(C)C)cc(C(C)(C)C)c2)c2ccccc2P(c2cc(C(C)(C)C)cc(C(C)(C)C)c2)c2cc(C(C)(C)C)cc(C(C)(C)C)c2)cc(C(C)(C)C)c1.[Cl][Fe]. The van der Waals surface area contributed by atoms with Crippen LogP contribution in [-0.4, -0.2) is 0 Å². The summed E-state index contributed by atoms with van der Waals surface area (Å²) in [7, 11) is 2.31. The zero-order valence-electron chi connectivity index (χ0n) is 45.9. The molecule has 0 N–H and O–H groups in total. The third-order valence-corrected chi connectivity index (χ3v) is 18.0. The van der Waals surface area contributed by atoms with Gasteiger partial charge < -0.3 is 0 Å². The van der Waals surface area contributed by atoms with Crippen LogP contribution in [0.15, 0.2) is 97.1 Å². The van der Waals surface area contributed by atoms with Crippen LogP contribution >= 0.6 is 25.9 Å². The van der Waals surface area contributed by atoms with Gasteiger partial charge in [0.2, 0.25) is 0 Å². The Morgan fingerprint density at radius 3 is 0.515 bits per heavy atom. The Morgan fingerprint density at radius 2 is 0.394 bits per heavy atom. The molecule has 5 aromatic rings. The summed E-state index contributed by atoms with van der Waals surface area (Å²) in [6, 6.07) is 40.5. The van der Waals surface area contributed by atoms with E-state index in [0.717, 1.165) is 0 Å². The molecule has 0 bridgehead atoms. The minimum atomic E-state index is -1.04. The summed E-state index contributed by atoms with van der Waals surface area (Å²) in [5, 5.41) is 8.71. The Balaban J connectivity index is 0.00000469. The number of hydrogen-bond acceptors (Lipinski definition) is 0. The molecule has 0 saturated carbocycles. The van der Waals surface area contributed by atoms with Gasteiger partial charge in [-0.3, -0.25) is 0 Å². The van der Waals surface area contributed by atoms with E-state index in [0.29, 0.717) is 0 Å². The molecule has 0 radical (unpaired) electrons. The molecule has 361 valence electrons. The average Bonchev–Trinajstić information content (AvgIpc) is 3.16. The van der Waals surface area contributed by atoms with E-state index in [1.807, 2.05) is 0 Å². The first-order chi connectivity index (χ1) is 29.8. The summed E-state index contributed by atoms with van der Waals surface area (Å²) < 4.78 is 0. The van der Waals surface area contributed by atoms with E-state index < -0.39 is 15.8 Å². The van der Waals surface area contributed by atoms with Crippen molar-refractivity contribution in [1.82, 2.24) is 0 Å². The van der Waals surface area contributed by atoms with Gasteiger partial charge >= 0.3 is 25.2 Å². The Hall–Kier alpha value is -2.23. The van der Waals surface area contributed by atoms with Crippen molar-refractivity contribution in [3.8, 4) is 0 Å². The van der Waals surface area contributed by atoms with Crippen LogP contribution in [0.5, 0.6) is 0 Å². The Bertz CT molecular complexity index is 2010. The van der Waals surface area contributed by atoms with Crippen molar-refractivity contribution in [2.24, 2.45) is 0 Å². The summed E-state index contributed by atoms with van der Waals surface area (Å²) in [5.74, 6) is 0. The maximum absolute atomic E-state index is 4.39. The molecular formula is C62H88ClFeP2. The summed E-state index contributed by atoms with van der Waals surface area (Å²) >= 11 is 2.72. The normalized spacial score (nSPS) is 13.6. The van der Waals surface area contributed by atoms with Gasteiger partial charge in [0.05, 0.1) is 0 Å². The molecule has 0 amide bonds. The Morgan fingerprint density at radius 1 is 0.258 bits per heavy atom. The number of benzene rings is 5. The Kier molecular flexibility index (Phi) is 17.0. The van der Waals surface area contributed by atoms with Gasteiger partial charge in [0.25, 0.3) is 0 Å². The van der Waals surface area contributed by atoms with Crippen LogP contribution in [0.4, 0.5) is 0 Å². The van der Waals surface area contributed by atoms with Crippen LogP contribution in [0.1, 0.15) is 211 Å². The van der Waals surface area contributed by atoms with Crippen molar-refractivity contribution in [1.29, 1.82) is 0 Å². The van der Waals surface area contributed by atoms with Crippen LogP contribution in [0.2, 0.25) is 0 Å². The fourth-order valence-corrected chi connectivity index (χ4v) is 13.7. The molecular weight excluding hydrogens is 898 g/mol.